The number of pyridine rings is 1. The molecule has 0 atom stereocenters. The average molecular weight is 220 g/mol. The highest BCUT2D eigenvalue weighted by Crippen LogP contribution is 2.17. The molecule has 1 aromatic heterocycles. The third-order valence-corrected chi connectivity index (χ3v) is 2.18. The van der Waals surface area contributed by atoms with Crippen LogP contribution in [-0.2, 0) is 0 Å². The minimum absolute atomic E-state index is 0.0156. The van der Waals surface area contributed by atoms with Gasteiger partial charge in [0.25, 0.3) is 0 Å². The Morgan fingerprint density at radius 2 is 2.44 bits per heavy atom. The topological polar surface area (TPSA) is 53.4 Å². The van der Waals surface area contributed by atoms with E-state index in [-0.39, 0.29) is 12.4 Å². The molecule has 4 nitrogen and oxygen atoms in total. The van der Waals surface area contributed by atoms with Crippen molar-refractivity contribution in [2.75, 3.05) is 24.6 Å². The number of aromatic nitrogens is 1. The molecule has 0 saturated heterocycles. The summed E-state index contributed by atoms with van der Waals surface area (Å²) in [4.78, 5) is 17.4. The van der Waals surface area contributed by atoms with Gasteiger partial charge in [-0.05, 0) is 19.1 Å². The number of aliphatic hydroxyl groups is 1. The van der Waals surface area contributed by atoms with Gasteiger partial charge in [-0.25, -0.2) is 4.98 Å². The molecule has 16 heavy (non-hydrogen) atoms. The van der Waals surface area contributed by atoms with Crippen molar-refractivity contribution in [2.45, 2.75) is 6.92 Å². The molecule has 0 amide bonds. The molecule has 0 bridgehead atoms. The Labute approximate surface area is 95.2 Å². The molecule has 0 radical (unpaired) electrons. The predicted octanol–water partition coefficient (Wildman–Crippen LogP) is 1.27. The third kappa shape index (κ3) is 2.90. The summed E-state index contributed by atoms with van der Waals surface area (Å²) >= 11 is 0. The maximum absolute atomic E-state index is 11.4. The molecule has 0 aliphatic rings. The molecule has 0 unspecified atom stereocenters. The summed E-state index contributed by atoms with van der Waals surface area (Å²) in [7, 11) is 0. The van der Waals surface area contributed by atoms with Crippen LogP contribution in [0.1, 0.15) is 17.3 Å². The molecule has 0 spiro atoms. The van der Waals surface area contributed by atoms with E-state index in [1.807, 2.05) is 4.90 Å². The molecule has 4 heteroatoms. The zero-order chi connectivity index (χ0) is 12.0. The number of aliphatic hydroxyl groups excluding tert-OH is 1. The van der Waals surface area contributed by atoms with Gasteiger partial charge in [0, 0.05) is 19.3 Å². The van der Waals surface area contributed by atoms with E-state index in [2.05, 4.69) is 11.6 Å². The van der Waals surface area contributed by atoms with Gasteiger partial charge in [-0.2, -0.15) is 0 Å². The summed E-state index contributed by atoms with van der Waals surface area (Å²) in [5.41, 5.74) is 0.567. The van der Waals surface area contributed by atoms with E-state index < -0.39 is 0 Å². The van der Waals surface area contributed by atoms with Crippen molar-refractivity contribution in [3.05, 3.63) is 36.5 Å². The fourth-order valence-corrected chi connectivity index (χ4v) is 1.48. The number of hydrogen-bond donors (Lipinski definition) is 1. The third-order valence-electron chi connectivity index (χ3n) is 2.18. The maximum Gasteiger partial charge on any atom is 0.163 e. The van der Waals surface area contributed by atoms with Crippen molar-refractivity contribution < 1.29 is 9.90 Å². The number of hydrogen-bond acceptors (Lipinski definition) is 4. The molecule has 0 aliphatic heterocycles. The van der Waals surface area contributed by atoms with Crippen molar-refractivity contribution in [2.24, 2.45) is 0 Å². The van der Waals surface area contributed by atoms with Crippen molar-refractivity contribution in [3.8, 4) is 0 Å². The number of ketones is 1. The first-order chi connectivity index (χ1) is 7.70. The fourth-order valence-electron chi connectivity index (χ4n) is 1.48. The minimum Gasteiger partial charge on any atom is -0.395 e. The number of carbonyl (C=O) groups is 1. The Hall–Kier alpha value is -1.68. The second-order valence-electron chi connectivity index (χ2n) is 3.39. The van der Waals surface area contributed by atoms with Crippen LogP contribution in [0, 0.1) is 0 Å². The number of Topliss-reactive ketones (excluding diaryl/α,β-unsaturated/α-hetero) is 1. The summed E-state index contributed by atoms with van der Waals surface area (Å²) < 4.78 is 0. The van der Waals surface area contributed by atoms with E-state index in [9.17, 15) is 4.79 Å². The van der Waals surface area contributed by atoms with E-state index in [0.29, 0.717) is 24.5 Å². The Bertz CT molecular complexity index is 377. The molecular formula is C12H16N2O2. The van der Waals surface area contributed by atoms with Crippen LogP contribution in [0.3, 0.4) is 0 Å². The Balaban J connectivity index is 3.06. The summed E-state index contributed by atoms with van der Waals surface area (Å²) in [6.45, 7) is 6.16. The summed E-state index contributed by atoms with van der Waals surface area (Å²) in [6.07, 6.45) is 3.35. The van der Waals surface area contributed by atoms with Crippen LogP contribution in [0.4, 0.5) is 5.82 Å². The SMILES string of the molecule is C=CCN(CCO)c1ncccc1C(C)=O. The van der Waals surface area contributed by atoms with Gasteiger partial charge in [0.1, 0.15) is 5.82 Å². The van der Waals surface area contributed by atoms with E-state index >= 15 is 0 Å². The normalized spacial score (nSPS) is 9.88. The highest BCUT2D eigenvalue weighted by atomic mass is 16.3. The lowest BCUT2D eigenvalue weighted by Crippen LogP contribution is -2.29. The van der Waals surface area contributed by atoms with Gasteiger partial charge in [0.15, 0.2) is 5.78 Å². The van der Waals surface area contributed by atoms with Crippen molar-refractivity contribution in [1.82, 2.24) is 4.98 Å². The van der Waals surface area contributed by atoms with E-state index in [1.165, 1.54) is 6.92 Å². The van der Waals surface area contributed by atoms with Gasteiger partial charge < -0.3 is 10.0 Å². The molecular weight excluding hydrogens is 204 g/mol. The average Bonchev–Trinajstić information content (AvgIpc) is 2.29. The maximum atomic E-state index is 11.4. The molecule has 86 valence electrons. The molecule has 1 heterocycles. The second-order valence-corrected chi connectivity index (χ2v) is 3.39. The van der Waals surface area contributed by atoms with Crippen LogP contribution in [0.25, 0.3) is 0 Å². The lowest BCUT2D eigenvalue weighted by molar-refractivity contribution is 0.101. The fraction of sp³-hybridized carbons (Fsp3) is 0.333. The minimum atomic E-state index is -0.0323. The van der Waals surface area contributed by atoms with Crippen molar-refractivity contribution >= 4 is 11.6 Å². The second kappa shape index (κ2) is 6.02. The first kappa shape index (κ1) is 12.4. The summed E-state index contributed by atoms with van der Waals surface area (Å²) in [6, 6.07) is 3.46. The highest BCUT2D eigenvalue weighted by Gasteiger charge is 2.13. The summed E-state index contributed by atoms with van der Waals surface area (Å²) in [5, 5.41) is 8.97. The number of rotatable bonds is 6. The summed E-state index contributed by atoms with van der Waals surface area (Å²) in [5.74, 6) is 0.569. The van der Waals surface area contributed by atoms with Crippen LogP contribution < -0.4 is 4.90 Å². The number of carbonyl (C=O) groups excluding carboxylic acids is 1. The zero-order valence-electron chi connectivity index (χ0n) is 9.39. The molecule has 0 aromatic carbocycles. The Morgan fingerprint density at radius 1 is 1.69 bits per heavy atom. The van der Waals surface area contributed by atoms with E-state index in [0.717, 1.165) is 0 Å². The lowest BCUT2D eigenvalue weighted by atomic mass is 10.2. The molecule has 1 rings (SSSR count). The van der Waals surface area contributed by atoms with Crippen LogP contribution in [0.2, 0.25) is 0 Å². The van der Waals surface area contributed by atoms with E-state index in [4.69, 9.17) is 5.11 Å². The van der Waals surface area contributed by atoms with E-state index in [1.54, 1.807) is 24.4 Å². The first-order valence-corrected chi connectivity index (χ1v) is 5.13. The molecule has 0 saturated carbocycles. The predicted molar refractivity (Wildman–Crippen MR) is 63.7 cm³/mol. The van der Waals surface area contributed by atoms with Crippen LogP contribution in [0.15, 0.2) is 31.0 Å². The zero-order valence-corrected chi connectivity index (χ0v) is 9.39. The smallest absolute Gasteiger partial charge is 0.163 e. The number of nitrogens with zero attached hydrogens (tertiary/aromatic N) is 2. The van der Waals surface area contributed by atoms with Crippen LogP contribution in [-0.4, -0.2) is 35.6 Å². The van der Waals surface area contributed by atoms with Crippen molar-refractivity contribution in [1.29, 1.82) is 0 Å². The Kier molecular flexibility index (Phi) is 4.66. The van der Waals surface area contributed by atoms with Gasteiger partial charge >= 0.3 is 0 Å². The van der Waals surface area contributed by atoms with Gasteiger partial charge in [-0.1, -0.05) is 6.08 Å². The lowest BCUT2D eigenvalue weighted by Gasteiger charge is -2.22. The number of anilines is 1. The van der Waals surface area contributed by atoms with Crippen molar-refractivity contribution in [3.63, 3.8) is 0 Å². The standard InChI is InChI=1S/C12H16N2O2/c1-3-7-14(8-9-15)12-11(10(2)16)5-4-6-13-12/h3-6,15H,1,7-9H2,2H3. The Morgan fingerprint density at radius 3 is 3.00 bits per heavy atom. The monoisotopic (exact) mass is 220 g/mol. The first-order valence-electron chi connectivity index (χ1n) is 5.13. The van der Waals surface area contributed by atoms with Gasteiger partial charge in [-0.15, -0.1) is 6.58 Å². The molecule has 0 aliphatic carbocycles. The molecule has 1 N–H and O–H groups in total. The van der Waals surface area contributed by atoms with Crippen LogP contribution in [0.5, 0.6) is 0 Å². The van der Waals surface area contributed by atoms with Gasteiger partial charge in [0.2, 0.25) is 0 Å². The van der Waals surface area contributed by atoms with Gasteiger partial charge in [-0.3, -0.25) is 4.79 Å². The molecule has 1 aromatic rings. The van der Waals surface area contributed by atoms with Gasteiger partial charge in [0.05, 0.1) is 12.2 Å². The van der Waals surface area contributed by atoms with Crippen LogP contribution >= 0.6 is 0 Å². The largest absolute Gasteiger partial charge is 0.395 e. The molecule has 0 fully saturated rings. The quantitative estimate of drug-likeness (QED) is 0.579. The highest BCUT2D eigenvalue weighted by molar-refractivity contribution is 5.98.